The van der Waals surface area contributed by atoms with Crippen LogP contribution in [0.5, 0.6) is 0 Å². The van der Waals surface area contributed by atoms with Gasteiger partial charge in [0, 0.05) is 10.0 Å². The Morgan fingerprint density at radius 2 is 1.79 bits per heavy atom. The van der Waals surface area contributed by atoms with Gasteiger partial charge in [0.15, 0.2) is 0 Å². The normalized spacial score (nSPS) is 12.9. The van der Waals surface area contributed by atoms with Crippen LogP contribution in [-0.2, 0) is 20.0 Å². The van der Waals surface area contributed by atoms with Crippen LogP contribution >= 0.6 is 23.2 Å². The van der Waals surface area contributed by atoms with Crippen LogP contribution in [0.4, 0.5) is 5.69 Å². The molecule has 148 valence electrons. The number of hydrogen-bond donors (Lipinski definition) is 2. The maximum Gasteiger partial charge on any atom is 0.261 e. The summed E-state index contributed by atoms with van der Waals surface area (Å²) in [5.41, 5.74) is 0.695. The summed E-state index contributed by atoms with van der Waals surface area (Å²) in [4.78, 5) is -0.344. The van der Waals surface area contributed by atoms with E-state index in [1.807, 2.05) is 0 Å². The van der Waals surface area contributed by atoms with Crippen LogP contribution in [-0.4, -0.2) is 16.8 Å². The highest BCUT2D eigenvalue weighted by molar-refractivity contribution is 7.96. The minimum absolute atomic E-state index is 0.0454. The SMILES string of the molecule is C=CC(=CC=Cc1ccc(Cl)cc1Cl)S(=O)(=O)Nc1cccc(S(N)(=O)=O)c1. The highest BCUT2D eigenvalue weighted by Crippen LogP contribution is 2.23. The van der Waals surface area contributed by atoms with Gasteiger partial charge in [-0.25, -0.2) is 22.0 Å². The first kappa shape index (κ1) is 22.2. The van der Waals surface area contributed by atoms with Gasteiger partial charge in [0.05, 0.1) is 15.5 Å². The van der Waals surface area contributed by atoms with E-state index >= 15 is 0 Å². The summed E-state index contributed by atoms with van der Waals surface area (Å²) < 4.78 is 50.2. The van der Waals surface area contributed by atoms with Crippen LogP contribution in [0.1, 0.15) is 5.56 Å². The molecular formula is C18H16Cl2N2O4S2. The molecule has 28 heavy (non-hydrogen) atoms. The zero-order chi connectivity index (χ0) is 20.9. The van der Waals surface area contributed by atoms with Crippen LogP contribution in [0, 0.1) is 0 Å². The van der Waals surface area contributed by atoms with Crippen molar-refractivity contribution in [1.82, 2.24) is 0 Å². The highest BCUT2D eigenvalue weighted by atomic mass is 35.5. The van der Waals surface area contributed by atoms with Gasteiger partial charge in [-0.2, -0.15) is 0 Å². The van der Waals surface area contributed by atoms with Gasteiger partial charge in [0.2, 0.25) is 10.0 Å². The number of nitrogens with one attached hydrogen (secondary N) is 1. The van der Waals surface area contributed by atoms with Crippen molar-refractivity contribution >= 4 is 55.0 Å². The molecule has 0 aliphatic rings. The average molecular weight is 459 g/mol. The zero-order valence-electron chi connectivity index (χ0n) is 14.3. The molecule has 2 rings (SSSR count). The third-order valence-corrected chi connectivity index (χ3v) is 6.33. The molecule has 0 amide bonds. The minimum atomic E-state index is -4.01. The van der Waals surface area contributed by atoms with Crippen molar-refractivity contribution < 1.29 is 16.8 Å². The lowest BCUT2D eigenvalue weighted by Crippen LogP contribution is -2.16. The Balaban J connectivity index is 2.28. The van der Waals surface area contributed by atoms with Crippen LogP contribution in [0.2, 0.25) is 10.0 Å². The summed E-state index contributed by atoms with van der Waals surface area (Å²) in [7, 11) is -7.97. The lowest BCUT2D eigenvalue weighted by atomic mass is 10.2. The number of anilines is 1. The fourth-order valence-electron chi connectivity index (χ4n) is 2.10. The first-order valence-electron chi connectivity index (χ1n) is 7.64. The Morgan fingerprint density at radius 1 is 1.07 bits per heavy atom. The number of rotatable bonds is 7. The van der Waals surface area contributed by atoms with Crippen LogP contribution in [0.25, 0.3) is 6.08 Å². The number of hydrogen-bond acceptors (Lipinski definition) is 4. The summed E-state index contributed by atoms with van der Waals surface area (Å²) in [6.45, 7) is 3.50. The van der Waals surface area contributed by atoms with E-state index in [9.17, 15) is 16.8 Å². The molecule has 0 aliphatic carbocycles. The third kappa shape index (κ3) is 5.95. The number of allylic oxidation sites excluding steroid dienone is 3. The topological polar surface area (TPSA) is 106 Å². The van der Waals surface area contributed by atoms with Crippen molar-refractivity contribution in [3.63, 3.8) is 0 Å². The first-order chi connectivity index (χ1) is 13.0. The van der Waals surface area contributed by atoms with E-state index in [0.717, 1.165) is 12.1 Å². The molecule has 0 saturated heterocycles. The molecule has 2 aromatic rings. The Bertz CT molecular complexity index is 1170. The van der Waals surface area contributed by atoms with Gasteiger partial charge in [-0.3, -0.25) is 4.72 Å². The predicted molar refractivity (Wildman–Crippen MR) is 114 cm³/mol. The fourth-order valence-corrected chi connectivity index (χ4v) is 4.16. The monoisotopic (exact) mass is 458 g/mol. The van der Waals surface area contributed by atoms with E-state index in [1.165, 1.54) is 30.4 Å². The molecule has 0 spiro atoms. The predicted octanol–water partition coefficient (Wildman–Crippen LogP) is 4.17. The average Bonchev–Trinajstić information content (AvgIpc) is 2.59. The summed E-state index contributed by atoms with van der Waals surface area (Å²) in [6.07, 6.45) is 5.58. The van der Waals surface area contributed by atoms with Crippen molar-refractivity contribution in [2.75, 3.05) is 4.72 Å². The minimum Gasteiger partial charge on any atom is -0.280 e. The van der Waals surface area contributed by atoms with Gasteiger partial charge in [0.25, 0.3) is 10.0 Å². The second kappa shape index (κ2) is 8.93. The molecule has 6 nitrogen and oxygen atoms in total. The van der Waals surface area contributed by atoms with E-state index in [2.05, 4.69) is 11.3 Å². The fraction of sp³-hybridized carbons (Fsp3) is 0. The lowest BCUT2D eigenvalue weighted by Gasteiger charge is -2.09. The molecule has 3 N–H and O–H groups in total. The van der Waals surface area contributed by atoms with Crippen molar-refractivity contribution in [3.05, 3.63) is 87.8 Å². The number of nitrogens with two attached hydrogens (primary N) is 1. The largest absolute Gasteiger partial charge is 0.280 e. The lowest BCUT2D eigenvalue weighted by molar-refractivity contribution is 0.597. The molecule has 0 fully saturated rings. The van der Waals surface area contributed by atoms with Crippen LogP contribution in [0.15, 0.2) is 77.1 Å². The molecule has 0 aromatic heterocycles. The van der Waals surface area contributed by atoms with E-state index in [-0.39, 0.29) is 15.5 Å². The first-order valence-corrected chi connectivity index (χ1v) is 11.4. The molecule has 0 atom stereocenters. The summed E-state index contributed by atoms with van der Waals surface area (Å²) in [5, 5.41) is 5.96. The molecule has 0 radical (unpaired) electrons. The van der Waals surface area contributed by atoms with Gasteiger partial charge < -0.3 is 0 Å². The van der Waals surface area contributed by atoms with Crippen LogP contribution < -0.4 is 9.86 Å². The second-order valence-corrected chi connectivity index (χ2v) is 9.56. The Hall–Kier alpha value is -2.10. The summed E-state index contributed by atoms with van der Waals surface area (Å²) in [5.74, 6) is 0. The van der Waals surface area contributed by atoms with E-state index in [0.29, 0.717) is 15.6 Å². The number of primary sulfonamides is 1. The quantitative estimate of drug-likeness (QED) is 0.607. The van der Waals surface area contributed by atoms with Gasteiger partial charge in [-0.15, -0.1) is 0 Å². The standard InChI is InChI=1S/C18H16Cl2N2O4S2/c1-2-16(7-3-5-13-9-10-14(19)11-18(13)20)28(25,26)22-15-6-4-8-17(12-15)27(21,23)24/h2-12,22H,1H2,(H2,21,23,24). The van der Waals surface area contributed by atoms with E-state index in [4.69, 9.17) is 28.3 Å². The number of benzene rings is 2. The molecule has 0 saturated carbocycles. The van der Waals surface area contributed by atoms with Gasteiger partial charge in [0.1, 0.15) is 0 Å². The molecular weight excluding hydrogens is 443 g/mol. The molecule has 10 heteroatoms. The Morgan fingerprint density at radius 3 is 2.39 bits per heavy atom. The smallest absolute Gasteiger partial charge is 0.261 e. The second-order valence-electron chi connectivity index (χ2n) is 5.48. The molecule has 0 bridgehead atoms. The third-order valence-electron chi connectivity index (χ3n) is 3.43. The van der Waals surface area contributed by atoms with E-state index < -0.39 is 20.0 Å². The molecule has 0 unspecified atom stereocenters. The van der Waals surface area contributed by atoms with Crippen molar-refractivity contribution in [2.24, 2.45) is 5.14 Å². The van der Waals surface area contributed by atoms with Crippen molar-refractivity contribution in [1.29, 1.82) is 0 Å². The summed E-state index contributed by atoms with van der Waals surface area (Å²) >= 11 is 11.9. The van der Waals surface area contributed by atoms with Crippen molar-refractivity contribution in [3.8, 4) is 0 Å². The number of halogens is 2. The zero-order valence-corrected chi connectivity index (χ0v) is 17.5. The molecule has 0 aliphatic heterocycles. The molecule has 2 aromatic carbocycles. The molecule has 0 heterocycles. The Kier molecular flexibility index (Phi) is 7.08. The highest BCUT2D eigenvalue weighted by Gasteiger charge is 2.16. The van der Waals surface area contributed by atoms with Gasteiger partial charge in [-0.05, 0) is 48.0 Å². The maximum atomic E-state index is 12.5. The summed E-state index contributed by atoms with van der Waals surface area (Å²) in [6, 6.07) is 10.1. The number of sulfonamides is 2. The maximum absolute atomic E-state index is 12.5. The van der Waals surface area contributed by atoms with Crippen molar-refractivity contribution in [2.45, 2.75) is 4.90 Å². The van der Waals surface area contributed by atoms with Gasteiger partial charge >= 0.3 is 0 Å². The van der Waals surface area contributed by atoms with Gasteiger partial charge in [-0.1, -0.05) is 54.1 Å². The van der Waals surface area contributed by atoms with Crippen LogP contribution in [0.3, 0.4) is 0 Å². The van der Waals surface area contributed by atoms with E-state index in [1.54, 1.807) is 24.3 Å². The Labute approximate surface area is 174 Å².